The summed E-state index contributed by atoms with van der Waals surface area (Å²) < 4.78 is 32.4. The maximum Gasteiger partial charge on any atom is 0.231 e. The van der Waals surface area contributed by atoms with E-state index < -0.39 is 26.4 Å². The van der Waals surface area contributed by atoms with Gasteiger partial charge in [-0.3, -0.25) is 19.2 Å². The van der Waals surface area contributed by atoms with Gasteiger partial charge in [-0.1, -0.05) is 23.2 Å². The van der Waals surface area contributed by atoms with Crippen LogP contribution in [-0.2, 0) is 29.0 Å². The lowest BCUT2D eigenvalue weighted by Gasteiger charge is -2.49. The Hall–Kier alpha value is -3.21. The molecule has 2 aromatic carbocycles. The number of hydrogen-bond donors (Lipinski definition) is 1. The normalized spacial score (nSPS) is 23.8. The molecule has 0 aromatic heterocycles. The highest BCUT2D eigenvalue weighted by Crippen LogP contribution is 2.51. The van der Waals surface area contributed by atoms with Crippen molar-refractivity contribution >= 4 is 62.5 Å². The second kappa shape index (κ2) is 11.1. The van der Waals surface area contributed by atoms with E-state index in [1.165, 1.54) is 44.4 Å². The zero-order valence-electron chi connectivity index (χ0n) is 21.2. The van der Waals surface area contributed by atoms with Crippen LogP contribution >= 0.6 is 23.2 Å². The number of ether oxygens (including phenoxy) is 1. The summed E-state index contributed by atoms with van der Waals surface area (Å²) in [5, 5.41) is 3.42. The predicted molar refractivity (Wildman–Crippen MR) is 145 cm³/mol. The van der Waals surface area contributed by atoms with Crippen LogP contribution in [-0.4, -0.2) is 61.8 Å². The summed E-state index contributed by atoms with van der Waals surface area (Å²) in [6.07, 6.45) is 2.83. The Bertz CT molecular complexity index is 1470. The number of nitrogens with one attached hydrogen (secondary N) is 1. The average molecular weight is 593 g/mol. The van der Waals surface area contributed by atoms with E-state index in [1.54, 1.807) is 18.2 Å². The van der Waals surface area contributed by atoms with Crippen molar-refractivity contribution in [3.05, 3.63) is 63.6 Å². The highest BCUT2D eigenvalue weighted by atomic mass is 35.5. The first-order valence-electron chi connectivity index (χ1n) is 12.1. The fourth-order valence-electron chi connectivity index (χ4n) is 4.94. The van der Waals surface area contributed by atoms with Gasteiger partial charge in [-0.2, -0.15) is 0 Å². The van der Waals surface area contributed by atoms with E-state index in [2.05, 4.69) is 5.32 Å². The Morgan fingerprint density at radius 2 is 1.67 bits per heavy atom. The van der Waals surface area contributed by atoms with Gasteiger partial charge in [0.25, 0.3) is 0 Å². The Labute approximate surface area is 236 Å². The number of halogens is 2. The molecule has 5 rings (SSSR count). The van der Waals surface area contributed by atoms with Gasteiger partial charge in [0.1, 0.15) is 11.5 Å². The molecule has 9 nitrogen and oxygen atoms in total. The van der Waals surface area contributed by atoms with Crippen LogP contribution in [0.1, 0.15) is 31.7 Å². The van der Waals surface area contributed by atoms with E-state index >= 15 is 0 Å². The molecule has 0 bridgehead atoms. The third kappa shape index (κ3) is 5.08. The maximum absolute atomic E-state index is 13.5. The molecule has 0 radical (unpaired) electrons. The monoisotopic (exact) mass is 592 g/mol. The highest BCUT2D eigenvalue weighted by Gasteiger charge is 2.74. The first-order valence-corrected chi connectivity index (χ1v) is 14.4. The standard InChI is InChI=1S/C21H17Cl2NO5S.C6H9NO2/c1-12-20(26)24-11-14(9-13-10-16(23)5-8-18(13)29-2)19(25)21(12,24)30(27,28)17-6-3-15(22)4-7-17;8-5-1-2-6(9)7-4-3-5/h3-10,12H,11H2,1-2H3;1-4H2,(H,7,9)/t12-,21?;/m0./s1. The zero-order valence-corrected chi connectivity index (χ0v) is 23.5. The molecule has 2 atom stereocenters. The molecule has 1 unspecified atom stereocenters. The van der Waals surface area contributed by atoms with Crippen molar-refractivity contribution in [1.29, 1.82) is 0 Å². The molecule has 1 N–H and O–H groups in total. The van der Waals surface area contributed by atoms with E-state index in [4.69, 9.17) is 27.9 Å². The van der Waals surface area contributed by atoms with Crippen LogP contribution in [0.25, 0.3) is 6.08 Å². The van der Waals surface area contributed by atoms with Gasteiger partial charge in [-0.15, -0.1) is 0 Å². The number of benzene rings is 2. The lowest BCUT2D eigenvalue weighted by molar-refractivity contribution is -0.159. The zero-order chi connectivity index (χ0) is 28.5. The summed E-state index contributed by atoms with van der Waals surface area (Å²) in [5.41, 5.74) is 0.723. The van der Waals surface area contributed by atoms with Gasteiger partial charge in [0.2, 0.25) is 32.3 Å². The van der Waals surface area contributed by atoms with Gasteiger partial charge < -0.3 is 15.0 Å². The molecule has 3 aliphatic rings. The van der Waals surface area contributed by atoms with Crippen molar-refractivity contribution in [2.75, 3.05) is 20.2 Å². The Balaban J connectivity index is 0.000000333. The highest BCUT2D eigenvalue weighted by molar-refractivity contribution is 7.93. The number of ketones is 2. The number of amides is 2. The third-order valence-electron chi connectivity index (χ3n) is 6.98. The SMILES string of the molecule is COc1ccc(Cl)cc1C=C1CN2C(=O)[C@H](C)C2(S(=O)(=O)c2ccc(Cl)cc2)C1=O.O=C1CCNC(=O)CC1. The lowest BCUT2D eigenvalue weighted by atomic mass is 9.87. The predicted octanol–water partition coefficient (Wildman–Crippen LogP) is 3.47. The summed E-state index contributed by atoms with van der Waals surface area (Å²) in [6, 6.07) is 10.5. The van der Waals surface area contributed by atoms with Crippen LogP contribution in [0.3, 0.4) is 0 Å². The smallest absolute Gasteiger partial charge is 0.231 e. The van der Waals surface area contributed by atoms with Crippen LogP contribution < -0.4 is 10.1 Å². The molecular formula is C27H26Cl2N2O7S. The molecule has 3 fully saturated rings. The number of sulfone groups is 1. The van der Waals surface area contributed by atoms with Crippen molar-refractivity contribution in [1.82, 2.24) is 10.2 Å². The number of Topliss-reactive ketones (excluding diaryl/α,β-unsaturated/α-hetero) is 2. The van der Waals surface area contributed by atoms with Gasteiger partial charge in [-0.25, -0.2) is 8.42 Å². The van der Waals surface area contributed by atoms with E-state index in [1.807, 2.05) is 0 Å². The van der Waals surface area contributed by atoms with Crippen molar-refractivity contribution in [3.63, 3.8) is 0 Å². The van der Waals surface area contributed by atoms with Crippen molar-refractivity contribution in [2.24, 2.45) is 5.92 Å². The molecule has 0 aliphatic carbocycles. The van der Waals surface area contributed by atoms with Crippen LogP contribution in [0.4, 0.5) is 0 Å². The molecule has 2 aromatic rings. The number of nitrogens with zero attached hydrogens (tertiary/aromatic N) is 1. The second-order valence-corrected chi connectivity index (χ2v) is 12.3. The van der Waals surface area contributed by atoms with E-state index in [0.29, 0.717) is 47.2 Å². The molecule has 0 spiro atoms. The van der Waals surface area contributed by atoms with Crippen LogP contribution in [0, 0.1) is 5.92 Å². The molecule has 3 heterocycles. The van der Waals surface area contributed by atoms with Gasteiger partial charge >= 0.3 is 0 Å². The second-order valence-electron chi connectivity index (χ2n) is 9.32. The minimum atomic E-state index is -4.20. The molecular weight excluding hydrogens is 567 g/mol. The van der Waals surface area contributed by atoms with E-state index in [9.17, 15) is 27.6 Å². The van der Waals surface area contributed by atoms with Crippen molar-refractivity contribution in [2.45, 2.75) is 36.0 Å². The number of carbonyl (C=O) groups is 4. The Morgan fingerprint density at radius 3 is 2.33 bits per heavy atom. The molecule has 39 heavy (non-hydrogen) atoms. The van der Waals surface area contributed by atoms with Gasteiger partial charge in [0.05, 0.1) is 24.5 Å². The summed E-state index contributed by atoms with van der Waals surface area (Å²) in [6.45, 7) is 1.88. The Morgan fingerprint density at radius 1 is 1.00 bits per heavy atom. The Kier molecular flexibility index (Phi) is 8.20. The average Bonchev–Trinajstić information content (AvgIpc) is 3.02. The molecule has 2 amide bonds. The fourth-order valence-corrected chi connectivity index (χ4v) is 7.48. The number of β-lactam (4-membered cyclic amide) rings is 1. The number of fused-ring (bicyclic) bond motifs is 1. The van der Waals surface area contributed by atoms with Crippen LogP contribution in [0.15, 0.2) is 52.9 Å². The first-order chi connectivity index (χ1) is 18.4. The quantitative estimate of drug-likeness (QED) is 0.425. The van der Waals surface area contributed by atoms with Crippen molar-refractivity contribution < 1.29 is 32.3 Å². The molecule has 3 saturated heterocycles. The minimum absolute atomic E-state index is 0.000787. The topological polar surface area (TPSA) is 127 Å². The van der Waals surface area contributed by atoms with Crippen LogP contribution in [0.2, 0.25) is 10.0 Å². The van der Waals surface area contributed by atoms with Gasteiger partial charge in [0.15, 0.2) is 0 Å². The van der Waals surface area contributed by atoms with Crippen LogP contribution in [0.5, 0.6) is 5.75 Å². The number of carbonyl (C=O) groups excluding carboxylic acids is 4. The minimum Gasteiger partial charge on any atom is -0.496 e. The molecule has 0 saturated carbocycles. The number of rotatable bonds is 4. The van der Waals surface area contributed by atoms with E-state index in [0.717, 1.165) is 4.90 Å². The molecule has 3 aliphatic heterocycles. The molecule has 12 heteroatoms. The molecule has 206 valence electrons. The largest absolute Gasteiger partial charge is 0.496 e. The van der Waals surface area contributed by atoms with E-state index in [-0.39, 0.29) is 34.6 Å². The number of hydrogen-bond acceptors (Lipinski definition) is 7. The third-order valence-corrected chi connectivity index (χ3v) is 9.94. The first kappa shape index (κ1) is 28.8. The maximum atomic E-state index is 13.5. The van der Waals surface area contributed by atoms with Gasteiger partial charge in [0, 0.05) is 47.0 Å². The fraction of sp³-hybridized carbons (Fsp3) is 0.333. The summed E-state index contributed by atoms with van der Waals surface area (Å²) in [5.74, 6) is -1.34. The summed E-state index contributed by atoms with van der Waals surface area (Å²) >= 11 is 11.9. The van der Waals surface area contributed by atoms with Gasteiger partial charge in [-0.05, 0) is 55.5 Å². The lowest BCUT2D eigenvalue weighted by Crippen LogP contribution is -2.73. The summed E-state index contributed by atoms with van der Waals surface area (Å²) in [4.78, 5) is 46.3. The van der Waals surface area contributed by atoms with Crippen molar-refractivity contribution in [3.8, 4) is 5.75 Å². The number of methoxy groups -OCH3 is 1. The summed E-state index contributed by atoms with van der Waals surface area (Å²) in [7, 11) is -2.72.